The van der Waals surface area contributed by atoms with Crippen LogP contribution in [0.15, 0.2) is 30.3 Å². The second-order valence-corrected chi connectivity index (χ2v) is 5.95. The Kier molecular flexibility index (Phi) is 4.11. The summed E-state index contributed by atoms with van der Waals surface area (Å²) in [6.45, 7) is 0.552. The number of carbonyl (C=O) groups excluding carboxylic acids is 1. The number of para-hydroxylation sites is 1. The van der Waals surface area contributed by atoms with Crippen LogP contribution in [0.2, 0.25) is 0 Å². The van der Waals surface area contributed by atoms with Crippen LogP contribution in [-0.4, -0.2) is 40.9 Å². The van der Waals surface area contributed by atoms with Crippen molar-refractivity contribution in [2.24, 2.45) is 5.92 Å². The average molecular weight is 308 g/mol. The molecule has 1 aromatic carbocycles. The van der Waals surface area contributed by atoms with Crippen LogP contribution >= 0.6 is 11.8 Å². The molecule has 3 rings (SSSR count). The van der Waals surface area contributed by atoms with E-state index in [0.29, 0.717) is 6.54 Å². The van der Waals surface area contributed by atoms with Crippen molar-refractivity contribution < 1.29 is 14.7 Å². The van der Waals surface area contributed by atoms with Gasteiger partial charge in [-0.05, 0) is 12.1 Å². The maximum Gasteiger partial charge on any atom is 0.313 e. The van der Waals surface area contributed by atoms with Crippen molar-refractivity contribution in [3.05, 3.63) is 30.3 Å². The number of rotatable bonds is 4. The van der Waals surface area contributed by atoms with Crippen LogP contribution in [0.4, 0.5) is 5.69 Å². The first-order chi connectivity index (χ1) is 10.2. The SMILES string of the molecule is O=C(O)CSC1NC2NNCC2C(=O)N1c1ccccc1. The molecule has 1 amide bonds. The second kappa shape index (κ2) is 6.02. The molecular weight excluding hydrogens is 292 g/mol. The smallest absolute Gasteiger partial charge is 0.313 e. The standard InChI is InChI=1S/C13H16N4O3S/c18-10(19)7-21-13-15-11-9(6-14-16-11)12(20)17(13)8-4-2-1-3-5-8/h1-5,9,11,13-16H,6-7H2,(H,18,19). The minimum absolute atomic E-state index is 0.00895. The highest BCUT2D eigenvalue weighted by Gasteiger charge is 2.44. The number of benzene rings is 1. The molecule has 2 saturated heterocycles. The van der Waals surface area contributed by atoms with Crippen molar-refractivity contribution in [3.8, 4) is 0 Å². The topological polar surface area (TPSA) is 93.7 Å². The Hall–Kier alpha value is -1.61. The molecule has 2 aliphatic rings. The van der Waals surface area contributed by atoms with Crippen LogP contribution in [0.1, 0.15) is 0 Å². The molecular formula is C13H16N4O3S. The van der Waals surface area contributed by atoms with E-state index in [-0.39, 0.29) is 23.7 Å². The van der Waals surface area contributed by atoms with Crippen molar-refractivity contribution in [2.45, 2.75) is 11.7 Å². The summed E-state index contributed by atoms with van der Waals surface area (Å²) in [5, 5.41) is 12.2. The van der Waals surface area contributed by atoms with Crippen molar-refractivity contribution >= 4 is 29.3 Å². The Bertz CT molecular complexity index is 541. The van der Waals surface area contributed by atoms with E-state index in [0.717, 1.165) is 5.69 Å². The summed E-state index contributed by atoms with van der Waals surface area (Å²) < 4.78 is 0. The first-order valence-corrected chi connectivity index (χ1v) is 7.67. The molecule has 4 N–H and O–H groups in total. The van der Waals surface area contributed by atoms with Crippen LogP contribution < -0.4 is 21.1 Å². The molecule has 3 unspecified atom stereocenters. The molecule has 112 valence electrons. The average Bonchev–Trinajstić information content (AvgIpc) is 2.95. The summed E-state index contributed by atoms with van der Waals surface area (Å²) in [5.41, 5.74) is 6.33. The van der Waals surface area contributed by atoms with Crippen molar-refractivity contribution in [3.63, 3.8) is 0 Å². The highest BCUT2D eigenvalue weighted by Crippen LogP contribution is 2.29. The van der Waals surface area contributed by atoms with E-state index < -0.39 is 11.5 Å². The number of fused-ring (bicyclic) bond motifs is 1. The number of thioether (sulfide) groups is 1. The van der Waals surface area contributed by atoms with Gasteiger partial charge in [-0.1, -0.05) is 18.2 Å². The molecule has 3 atom stereocenters. The Morgan fingerprint density at radius 1 is 1.38 bits per heavy atom. The zero-order valence-corrected chi connectivity index (χ0v) is 12.0. The monoisotopic (exact) mass is 308 g/mol. The minimum Gasteiger partial charge on any atom is -0.481 e. The third-order valence-corrected chi connectivity index (χ3v) is 4.57. The number of carboxylic acid groups (broad SMARTS) is 1. The number of anilines is 1. The number of amides is 1. The summed E-state index contributed by atoms with van der Waals surface area (Å²) >= 11 is 1.19. The molecule has 2 heterocycles. The van der Waals surface area contributed by atoms with Gasteiger partial charge >= 0.3 is 5.97 Å². The summed E-state index contributed by atoms with van der Waals surface area (Å²) in [6.07, 6.45) is -0.177. The summed E-state index contributed by atoms with van der Waals surface area (Å²) in [5.74, 6) is -1.18. The highest BCUT2D eigenvalue weighted by atomic mass is 32.2. The van der Waals surface area contributed by atoms with Gasteiger partial charge in [-0.25, -0.2) is 5.43 Å². The lowest BCUT2D eigenvalue weighted by Crippen LogP contribution is -2.64. The Balaban J connectivity index is 1.86. The summed E-state index contributed by atoms with van der Waals surface area (Å²) in [4.78, 5) is 25.2. The fourth-order valence-corrected chi connectivity index (χ4v) is 3.45. The first-order valence-electron chi connectivity index (χ1n) is 6.63. The number of nitrogens with zero attached hydrogens (tertiary/aromatic N) is 1. The van der Waals surface area contributed by atoms with Gasteiger partial charge in [0.25, 0.3) is 0 Å². The second-order valence-electron chi connectivity index (χ2n) is 4.88. The molecule has 2 aliphatic heterocycles. The number of aliphatic carboxylic acids is 1. The Morgan fingerprint density at radius 2 is 2.14 bits per heavy atom. The molecule has 1 aromatic rings. The zero-order valence-electron chi connectivity index (χ0n) is 11.2. The normalized spacial score (nSPS) is 28.5. The molecule has 0 spiro atoms. The molecule has 21 heavy (non-hydrogen) atoms. The predicted octanol–water partition coefficient (Wildman–Crippen LogP) is -0.226. The van der Waals surface area contributed by atoms with Crippen LogP contribution in [-0.2, 0) is 9.59 Å². The van der Waals surface area contributed by atoms with E-state index in [4.69, 9.17) is 5.11 Å². The van der Waals surface area contributed by atoms with Gasteiger partial charge in [0, 0.05) is 12.2 Å². The third-order valence-electron chi connectivity index (χ3n) is 3.49. The van der Waals surface area contributed by atoms with Gasteiger partial charge in [0.15, 0.2) is 0 Å². The van der Waals surface area contributed by atoms with E-state index in [1.807, 2.05) is 30.3 Å². The van der Waals surface area contributed by atoms with Crippen LogP contribution in [0.5, 0.6) is 0 Å². The Morgan fingerprint density at radius 3 is 2.86 bits per heavy atom. The number of hydrogen-bond donors (Lipinski definition) is 4. The van der Waals surface area contributed by atoms with Crippen LogP contribution in [0, 0.1) is 5.92 Å². The molecule has 7 nitrogen and oxygen atoms in total. The largest absolute Gasteiger partial charge is 0.481 e. The molecule has 0 radical (unpaired) electrons. The fourth-order valence-electron chi connectivity index (χ4n) is 2.53. The molecule has 0 bridgehead atoms. The summed E-state index contributed by atoms with van der Waals surface area (Å²) in [6, 6.07) is 9.30. The molecule has 8 heteroatoms. The van der Waals surface area contributed by atoms with Gasteiger partial charge in [0.2, 0.25) is 5.91 Å². The molecule has 0 aliphatic carbocycles. The van der Waals surface area contributed by atoms with Crippen molar-refractivity contribution in [1.82, 2.24) is 16.2 Å². The zero-order chi connectivity index (χ0) is 14.8. The van der Waals surface area contributed by atoms with Crippen molar-refractivity contribution in [2.75, 3.05) is 17.2 Å². The van der Waals surface area contributed by atoms with Gasteiger partial charge in [0.05, 0.1) is 17.8 Å². The lowest BCUT2D eigenvalue weighted by atomic mass is 10.0. The van der Waals surface area contributed by atoms with Crippen LogP contribution in [0.25, 0.3) is 0 Å². The number of carboxylic acids is 1. The number of hydrogen-bond acceptors (Lipinski definition) is 6. The van der Waals surface area contributed by atoms with Gasteiger partial charge in [-0.2, -0.15) is 0 Å². The van der Waals surface area contributed by atoms with E-state index in [1.165, 1.54) is 11.8 Å². The fraction of sp³-hybridized carbons (Fsp3) is 0.385. The molecule has 0 aromatic heterocycles. The third kappa shape index (κ3) is 2.88. The first kappa shape index (κ1) is 14.3. The van der Waals surface area contributed by atoms with Gasteiger partial charge in [0.1, 0.15) is 5.50 Å². The number of hydrazine groups is 1. The number of carbonyl (C=O) groups is 2. The van der Waals surface area contributed by atoms with E-state index >= 15 is 0 Å². The minimum atomic E-state index is -0.901. The summed E-state index contributed by atoms with van der Waals surface area (Å²) in [7, 11) is 0. The van der Waals surface area contributed by atoms with E-state index in [9.17, 15) is 9.59 Å². The lowest BCUT2D eigenvalue weighted by Gasteiger charge is -2.41. The van der Waals surface area contributed by atoms with Crippen molar-refractivity contribution in [1.29, 1.82) is 0 Å². The van der Waals surface area contributed by atoms with Crippen LogP contribution in [0.3, 0.4) is 0 Å². The highest BCUT2D eigenvalue weighted by molar-refractivity contribution is 8.00. The molecule has 0 saturated carbocycles. The van der Waals surface area contributed by atoms with E-state index in [2.05, 4.69) is 16.2 Å². The predicted molar refractivity (Wildman–Crippen MR) is 79.4 cm³/mol. The Labute approximate surface area is 126 Å². The van der Waals surface area contributed by atoms with Gasteiger partial charge in [-0.3, -0.25) is 25.2 Å². The molecule has 2 fully saturated rings. The number of nitrogens with one attached hydrogen (secondary N) is 3. The van der Waals surface area contributed by atoms with E-state index in [1.54, 1.807) is 4.90 Å². The van der Waals surface area contributed by atoms with Gasteiger partial charge < -0.3 is 5.11 Å². The quantitative estimate of drug-likeness (QED) is 0.611. The lowest BCUT2D eigenvalue weighted by molar-refractivity contribution is -0.134. The van der Waals surface area contributed by atoms with Gasteiger partial charge in [-0.15, -0.1) is 11.8 Å². The maximum atomic E-state index is 12.7. The maximum absolute atomic E-state index is 12.7.